The van der Waals surface area contributed by atoms with Crippen molar-refractivity contribution in [3.63, 3.8) is 0 Å². The Labute approximate surface area is 215 Å². The molecule has 1 saturated carbocycles. The van der Waals surface area contributed by atoms with Crippen molar-refractivity contribution >= 4 is 29.1 Å². The van der Waals surface area contributed by atoms with E-state index in [2.05, 4.69) is 18.0 Å². The molecular formula is C27H30Cl2N2O4. The lowest BCUT2D eigenvalue weighted by atomic mass is 9.48. The van der Waals surface area contributed by atoms with Crippen LogP contribution in [0.5, 0.6) is 11.5 Å². The summed E-state index contributed by atoms with van der Waals surface area (Å²) in [6.07, 6.45) is 2.73. The molecule has 0 aromatic heterocycles. The number of halogens is 2. The van der Waals surface area contributed by atoms with Gasteiger partial charge in [-0.15, -0.1) is 0 Å². The molecule has 0 radical (unpaired) electrons. The summed E-state index contributed by atoms with van der Waals surface area (Å²) in [7, 11) is 5.61. The standard InChI is InChI=1S/C27H30Cl2N2O4/c1-30-11-10-26-23-16-5-7-20(34-3)24(23)35-25(26)19(8-9-27(26,33)21(30)14-16)31(2)22(32)13-15-4-6-17(28)18(29)12-15/h4-7,12,19,21,25,33H,8-11,13-14H2,1-3H3/t19-,21-,25+,26+,27-/m1/s1. The molecule has 2 bridgehead atoms. The summed E-state index contributed by atoms with van der Waals surface area (Å²) in [6, 6.07) is 9.24. The fourth-order valence-corrected chi connectivity index (χ4v) is 7.73. The van der Waals surface area contributed by atoms with E-state index in [1.807, 2.05) is 24.1 Å². The lowest BCUT2D eigenvalue weighted by Crippen LogP contribution is -2.77. The third-order valence-corrected chi connectivity index (χ3v) is 9.87. The van der Waals surface area contributed by atoms with Crippen molar-refractivity contribution in [3.8, 4) is 11.5 Å². The normalized spacial score (nSPS) is 32.6. The molecule has 2 aliphatic carbocycles. The fraction of sp³-hybridized carbons (Fsp3) is 0.519. The number of nitrogens with zero attached hydrogens (tertiary/aromatic N) is 2. The van der Waals surface area contributed by atoms with Gasteiger partial charge in [0.15, 0.2) is 11.5 Å². The summed E-state index contributed by atoms with van der Waals surface area (Å²) in [5.41, 5.74) is 1.65. The SMILES string of the molecule is COc1ccc2c3c1O[C@H]1[C@H](N(C)C(=O)Cc4ccc(Cl)c(Cl)c4)CC[C@@]4(O)[C@@H](C2)N(C)CC[C@]314. The number of hydrogen-bond donors (Lipinski definition) is 1. The van der Waals surface area contributed by atoms with Gasteiger partial charge in [-0.1, -0.05) is 35.3 Å². The average molecular weight is 517 g/mol. The van der Waals surface area contributed by atoms with E-state index in [4.69, 9.17) is 32.7 Å². The molecule has 1 spiro atoms. The fourth-order valence-electron chi connectivity index (χ4n) is 7.41. The lowest BCUT2D eigenvalue weighted by molar-refractivity contribution is -0.196. The quantitative estimate of drug-likeness (QED) is 0.668. The first-order valence-electron chi connectivity index (χ1n) is 12.2. The van der Waals surface area contributed by atoms with Gasteiger partial charge in [0, 0.05) is 18.7 Å². The number of likely N-dealkylation sites (N-methyl/N-ethyl adjacent to an activating group) is 2. The monoisotopic (exact) mass is 516 g/mol. The molecule has 186 valence electrons. The van der Waals surface area contributed by atoms with Crippen molar-refractivity contribution in [1.29, 1.82) is 0 Å². The third-order valence-electron chi connectivity index (χ3n) is 9.13. The molecule has 6 nitrogen and oxygen atoms in total. The summed E-state index contributed by atoms with van der Waals surface area (Å²) < 4.78 is 12.4. The molecule has 1 saturated heterocycles. The Morgan fingerprint density at radius 3 is 2.80 bits per heavy atom. The smallest absolute Gasteiger partial charge is 0.227 e. The van der Waals surface area contributed by atoms with Crippen molar-refractivity contribution in [1.82, 2.24) is 9.80 Å². The van der Waals surface area contributed by atoms with Crippen molar-refractivity contribution in [3.05, 3.63) is 57.1 Å². The molecule has 2 aromatic rings. The van der Waals surface area contributed by atoms with Crippen LogP contribution in [0.2, 0.25) is 10.0 Å². The number of carbonyl (C=O) groups excluding carboxylic acids is 1. The maximum Gasteiger partial charge on any atom is 0.227 e. The molecule has 2 heterocycles. The van der Waals surface area contributed by atoms with Gasteiger partial charge in [-0.25, -0.2) is 0 Å². The van der Waals surface area contributed by atoms with E-state index in [0.717, 1.165) is 36.3 Å². The predicted molar refractivity (Wildman–Crippen MR) is 135 cm³/mol. The molecule has 1 amide bonds. The number of aliphatic hydroxyl groups is 1. The van der Waals surface area contributed by atoms with Crippen LogP contribution < -0.4 is 9.47 Å². The zero-order valence-corrected chi connectivity index (χ0v) is 21.7. The number of methoxy groups -OCH3 is 1. The van der Waals surface area contributed by atoms with Gasteiger partial charge in [0.25, 0.3) is 0 Å². The van der Waals surface area contributed by atoms with Gasteiger partial charge in [0.1, 0.15) is 6.10 Å². The summed E-state index contributed by atoms with van der Waals surface area (Å²) in [4.78, 5) is 17.6. The summed E-state index contributed by atoms with van der Waals surface area (Å²) in [6.45, 7) is 0.872. The third kappa shape index (κ3) is 3.06. The van der Waals surface area contributed by atoms with Crippen LogP contribution in [0.4, 0.5) is 0 Å². The maximum absolute atomic E-state index is 13.5. The minimum atomic E-state index is -0.917. The van der Waals surface area contributed by atoms with Crippen LogP contribution in [-0.4, -0.2) is 72.4 Å². The summed E-state index contributed by atoms with van der Waals surface area (Å²) in [5, 5.41) is 13.3. The van der Waals surface area contributed by atoms with Crippen LogP contribution in [0.15, 0.2) is 30.3 Å². The first-order chi connectivity index (χ1) is 16.7. The van der Waals surface area contributed by atoms with E-state index in [-0.39, 0.29) is 30.5 Å². The number of carbonyl (C=O) groups is 1. The molecule has 6 rings (SSSR count). The van der Waals surface area contributed by atoms with Gasteiger partial charge < -0.3 is 24.4 Å². The van der Waals surface area contributed by atoms with E-state index < -0.39 is 11.0 Å². The maximum atomic E-state index is 13.5. The molecule has 2 fully saturated rings. The Morgan fingerprint density at radius 2 is 2.06 bits per heavy atom. The summed E-state index contributed by atoms with van der Waals surface area (Å²) in [5.74, 6) is 1.42. The van der Waals surface area contributed by atoms with Crippen molar-refractivity contribution in [2.24, 2.45) is 0 Å². The Bertz CT molecular complexity index is 1220. The highest BCUT2D eigenvalue weighted by atomic mass is 35.5. The predicted octanol–water partition coefficient (Wildman–Crippen LogP) is 3.86. The highest BCUT2D eigenvalue weighted by Crippen LogP contribution is 2.65. The van der Waals surface area contributed by atoms with Crippen LogP contribution in [0.3, 0.4) is 0 Å². The molecule has 0 unspecified atom stereocenters. The highest BCUT2D eigenvalue weighted by Gasteiger charge is 2.73. The van der Waals surface area contributed by atoms with E-state index in [9.17, 15) is 9.90 Å². The molecule has 2 aromatic carbocycles. The van der Waals surface area contributed by atoms with Crippen molar-refractivity contribution in [2.75, 3.05) is 27.7 Å². The second-order valence-corrected chi connectivity index (χ2v) is 11.4. The zero-order valence-electron chi connectivity index (χ0n) is 20.2. The molecule has 1 N–H and O–H groups in total. The number of benzene rings is 2. The molecule has 5 atom stereocenters. The lowest BCUT2D eigenvalue weighted by Gasteiger charge is -2.64. The second-order valence-electron chi connectivity index (χ2n) is 10.6. The highest BCUT2D eigenvalue weighted by molar-refractivity contribution is 6.42. The van der Waals surface area contributed by atoms with Gasteiger partial charge in [-0.2, -0.15) is 0 Å². The Kier molecular flexibility index (Phi) is 5.35. The second kappa shape index (κ2) is 8.01. The number of amides is 1. The van der Waals surface area contributed by atoms with Crippen molar-refractivity contribution in [2.45, 2.75) is 61.3 Å². The Hall–Kier alpha value is -1.99. The molecule has 2 aliphatic heterocycles. The number of hydrogen-bond acceptors (Lipinski definition) is 5. The number of piperidine rings is 1. The zero-order chi connectivity index (χ0) is 24.7. The number of rotatable bonds is 4. The van der Waals surface area contributed by atoms with Crippen LogP contribution >= 0.6 is 23.2 Å². The number of ether oxygens (including phenoxy) is 2. The largest absolute Gasteiger partial charge is 0.493 e. The van der Waals surface area contributed by atoms with E-state index in [1.165, 1.54) is 5.56 Å². The van der Waals surface area contributed by atoms with E-state index in [0.29, 0.717) is 28.6 Å². The Balaban J connectivity index is 1.39. The minimum absolute atomic E-state index is 0.0118. The van der Waals surface area contributed by atoms with E-state index in [1.54, 1.807) is 19.2 Å². The minimum Gasteiger partial charge on any atom is -0.493 e. The van der Waals surface area contributed by atoms with Gasteiger partial charge >= 0.3 is 0 Å². The summed E-state index contributed by atoms with van der Waals surface area (Å²) >= 11 is 12.2. The topological polar surface area (TPSA) is 62.2 Å². The van der Waals surface area contributed by atoms with Crippen LogP contribution in [0.1, 0.15) is 36.0 Å². The van der Waals surface area contributed by atoms with Gasteiger partial charge in [-0.3, -0.25) is 4.79 Å². The average Bonchev–Trinajstić information content (AvgIpc) is 3.19. The Morgan fingerprint density at radius 1 is 1.26 bits per heavy atom. The molecule has 35 heavy (non-hydrogen) atoms. The van der Waals surface area contributed by atoms with E-state index >= 15 is 0 Å². The van der Waals surface area contributed by atoms with Crippen LogP contribution in [0, 0.1) is 0 Å². The van der Waals surface area contributed by atoms with Gasteiger partial charge in [0.05, 0.1) is 40.6 Å². The van der Waals surface area contributed by atoms with Crippen molar-refractivity contribution < 1.29 is 19.4 Å². The van der Waals surface area contributed by atoms with Gasteiger partial charge in [0.2, 0.25) is 5.91 Å². The number of likely N-dealkylation sites (tertiary alicyclic amines) is 1. The van der Waals surface area contributed by atoms with Crippen LogP contribution in [-0.2, 0) is 23.1 Å². The molecular weight excluding hydrogens is 487 g/mol. The first kappa shape index (κ1) is 23.4. The first-order valence-corrected chi connectivity index (χ1v) is 13.0. The van der Waals surface area contributed by atoms with Gasteiger partial charge in [-0.05, 0) is 68.6 Å². The van der Waals surface area contributed by atoms with Crippen LogP contribution in [0.25, 0.3) is 0 Å². The molecule has 8 heteroatoms. The molecule has 4 aliphatic rings.